The van der Waals surface area contributed by atoms with E-state index in [2.05, 4.69) is 29.4 Å². The van der Waals surface area contributed by atoms with Gasteiger partial charge in [0.2, 0.25) is 0 Å². The molecule has 0 saturated carbocycles. The molecule has 0 radical (unpaired) electrons. The summed E-state index contributed by atoms with van der Waals surface area (Å²) in [6, 6.07) is 5.09. The highest BCUT2D eigenvalue weighted by Crippen LogP contribution is 2.28. The third kappa shape index (κ3) is 3.70. The average molecular weight is 331 g/mol. The second-order valence-electron chi connectivity index (χ2n) is 7.09. The first-order chi connectivity index (χ1) is 11.5. The molecule has 3 rings (SSSR count). The number of benzene rings is 1. The first-order valence-corrected chi connectivity index (χ1v) is 8.56. The van der Waals surface area contributed by atoms with Crippen molar-refractivity contribution >= 4 is 17.5 Å². The number of hydrogen-bond acceptors (Lipinski definition) is 4. The molecular weight excluding hydrogens is 306 g/mol. The van der Waals surface area contributed by atoms with Crippen LogP contribution in [0.2, 0.25) is 0 Å². The molecule has 0 spiro atoms. The fraction of sp³-hybridized carbons (Fsp3) is 0.556. The van der Waals surface area contributed by atoms with Gasteiger partial charge in [0.1, 0.15) is 5.75 Å². The molecule has 1 saturated heterocycles. The molecule has 6 nitrogen and oxygen atoms in total. The summed E-state index contributed by atoms with van der Waals surface area (Å²) in [5.74, 6) is 0.240. The molecule has 1 fully saturated rings. The van der Waals surface area contributed by atoms with Crippen molar-refractivity contribution in [3.8, 4) is 5.75 Å². The van der Waals surface area contributed by atoms with Gasteiger partial charge < -0.3 is 15.4 Å². The standard InChI is InChI=1S/C18H25N3O3/c1-18(2,21-8-4-3-5-9-21)12-19-17(23)13-6-7-14-15(10-13)24-11-16(22)20-14/h6-7,10H,3-5,8-9,11-12H2,1-2H3,(H,19,23)(H,20,22). The van der Waals surface area contributed by atoms with Crippen molar-refractivity contribution in [2.75, 3.05) is 31.6 Å². The average Bonchev–Trinajstić information content (AvgIpc) is 2.60. The molecule has 2 N–H and O–H groups in total. The minimum atomic E-state index is -0.178. The smallest absolute Gasteiger partial charge is 0.262 e. The monoisotopic (exact) mass is 331 g/mol. The highest BCUT2D eigenvalue weighted by atomic mass is 16.5. The molecule has 0 unspecified atom stereocenters. The molecule has 1 aromatic rings. The van der Waals surface area contributed by atoms with Crippen LogP contribution in [0.1, 0.15) is 43.5 Å². The van der Waals surface area contributed by atoms with Crippen molar-refractivity contribution in [3.63, 3.8) is 0 Å². The normalized spacial score (nSPS) is 18.3. The van der Waals surface area contributed by atoms with Crippen LogP contribution in [0, 0.1) is 0 Å². The predicted molar refractivity (Wildman–Crippen MR) is 92.4 cm³/mol. The molecule has 130 valence electrons. The molecule has 2 aliphatic rings. The van der Waals surface area contributed by atoms with Crippen molar-refractivity contribution in [1.29, 1.82) is 0 Å². The topological polar surface area (TPSA) is 70.7 Å². The molecule has 0 aromatic heterocycles. The van der Waals surface area contributed by atoms with Crippen LogP contribution in [-0.4, -0.2) is 48.5 Å². The number of amides is 2. The van der Waals surface area contributed by atoms with Crippen molar-refractivity contribution in [1.82, 2.24) is 10.2 Å². The van der Waals surface area contributed by atoms with E-state index in [4.69, 9.17) is 4.74 Å². The molecule has 0 atom stereocenters. The Labute approximate surface area is 142 Å². The molecule has 1 aromatic carbocycles. The van der Waals surface area contributed by atoms with Gasteiger partial charge in [0.15, 0.2) is 6.61 Å². The molecule has 2 aliphatic heterocycles. The molecule has 24 heavy (non-hydrogen) atoms. The predicted octanol–water partition coefficient (Wildman–Crippen LogP) is 2.01. The Morgan fingerprint density at radius 2 is 2.04 bits per heavy atom. The van der Waals surface area contributed by atoms with E-state index in [1.165, 1.54) is 19.3 Å². The van der Waals surface area contributed by atoms with Gasteiger partial charge in [-0.25, -0.2) is 0 Å². The summed E-state index contributed by atoms with van der Waals surface area (Å²) >= 11 is 0. The SMILES string of the molecule is CC(C)(CNC(=O)c1ccc2c(c1)OCC(=O)N2)N1CCCCC1. The number of anilines is 1. The summed E-state index contributed by atoms with van der Waals surface area (Å²) in [6.45, 7) is 7.11. The highest BCUT2D eigenvalue weighted by Gasteiger charge is 2.28. The molecule has 2 heterocycles. The van der Waals surface area contributed by atoms with Crippen LogP contribution in [0.15, 0.2) is 18.2 Å². The molecule has 6 heteroatoms. The van der Waals surface area contributed by atoms with Crippen LogP contribution in [0.3, 0.4) is 0 Å². The summed E-state index contributed by atoms with van der Waals surface area (Å²) in [5, 5.41) is 5.75. The zero-order valence-electron chi connectivity index (χ0n) is 14.4. The Hall–Kier alpha value is -2.08. The van der Waals surface area contributed by atoms with Crippen LogP contribution < -0.4 is 15.4 Å². The van der Waals surface area contributed by atoms with Gasteiger partial charge >= 0.3 is 0 Å². The number of hydrogen-bond donors (Lipinski definition) is 2. The minimum absolute atomic E-state index is 0.0138. The lowest BCUT2D eigenvalue weighted by Crippen LogP contribution is -2.53. The minimum Gasteiger partial charge on any atom is -0.482 e. The number of nitrogens with one attached hydrogen (secondary N) is 2. The number of ether oxygens (including phenoxy) is 1. The van der Waals surface area contributed by atoms with Crippen LogP contribution in [-0.2, 0) is 4.79 Å². The van der Waals surface area contributed by atoms with Gasteiger partial charge in [-0.3, -0.25) is 14.5 Å². The van der Waals surface area contributed by atoms with Crippen molar-refractivity contribution < 1.29 is 14.3 Å². The summed E-state index contributed by atoms with van der Waals surface area (Å²) in [4.78, 5) is 26.2. The fourth-order valence-corrected chi connectivity index (χ4v) is 3.23. The summed E-state index contributed by atoms with van der Waals surface area (Å²) in [5.41, 5.74) is 1.09. The van der Waals surface area contributed by atoms with E-state index in [1.54, 1.807) is 18.2 Å². The third-order valence-electron chi connectivity index (χ3n) is 4.77. The highest BCUT2D eigenvalue weighted by molar-refractivity contribution is 5.99. The van der Waals surface area contributed by atoms with E-state index in [0.29, 0.717) is 23.5 Å². The summed E-state index contributed by atoms with van der Waals surface area (Å²) in [6.07, 6.45) is 3.75. The number of rotatable bonds is 4. The van der Waals surface area contributed by atoms with E-state index in [9.17, 15) is 9.59 Å². The van der Waals surface area contributed by atoms with Crippen LogP contribution in [0.5, 0.6) is 5.75 Å². The second kappa shape index (κ2) is 6.81. The lowest BCUT2D eigenvalue weighted by molar-refractivity contribution is -0.118. The Kier molecular flexibility index (Phi) is 4.76. The lowest BCUT2D eigenvalue weighted by atomic mass is 9.98. The van der Waals surface area contributed by atoms with E-state index in [0.717, 1.165) is 13.1 Å². The first kappa shape index (κ1) is 16.8. The van der Waals surface area contributed by atoms with Gasteiger partial charge in [0.05, 0.1) is 5.69 Å². The zero-order valence-corrected chi connectivity index (χ0v) is 14.4. The number of piperidine rings is 1. The lowest BCUT2D eigenvalue weighted by Gasteiger charge is -2.41. The molecule has 0 aliphatic carbocycles. The molecule has 0 bridgehead atoms. The Morgan fingerprint density at radius 3 is 2.79 bits per heavy atom. The fourth-order valence-electron chi connectivity index (χ4n) is 3.23. The van der Waals surface area contributed by atoms with E-state index in [1.807, 2.05) is 0 Å². The van der Waals surface area contributed by atoms with Gasteiger partial charge in [-0.15, -0.1) is 0 Å². The third-order valence-corrected chi connectivity index (χ3v) is 4.77. The second-order valence-corrected chi connectivity index (χ2v) is 7.09. The van der Waals surface area contributed by atoms with Gasteiger partial charge in [-0.2, -0.15) is 0 Å². The molecular formula is C18H25N3O3. The number of nitrogens with zero attached hydrogens (tertiary/aromatic N) is 1. The summed E-state index contributed by atoms with van der Waals surface area (Å²) in [7, 11) is 0. The number of carbonyl (C=O) groups is 2. The van der Waals surface area contributed by atoms with Crippen molar-refractivity contribution in [3.05, 3.63) is 23.8 Å². The molecule has 2 amide bonds. The van der Waals surface area contributed by atoms with E-state index >= 15 is 0 Å². The van der Waals surface area contributed by atoms with Gasteiger partial charge in [-0.1, -0.05) is 6.42 Å². The van der Waals surface area contributed by atoms with Gasteiger partial charge in [0.25, 0.3) is 11.8 Å². The van der Waals surface area contributed by atoms with Crippen LogP contribution in [0.25, 0.3) is 0 Å². The zero-order chi connectivity index (χ0) is 17.2. The van der Waals surface area contributed by atoms with Crippen molar-refractivity contribution in [2.24, 2.45) is 0 Å². The quantitative estimate of drug-likeness (QED) is 0.885. The largest absolute Gasteiger partial charge is 0.482 e. The van der Waals surface area contributed by atoms with E-state index < -0.39 is 0 Å². The number of likely N-dealkylation sites (tertiary alicyclic amines) is 1. The van der Waals surface area contributed by atoms with Gasteiger partial charge in [-0.05, 0) is 58.0 Å². The number of fused-ring (bicyclic) bond motifs is 1. The van der Waals surface area contributed by atoms with E-state index in [-0.39, 0.29) is 24.0 Å². The Bertz CT molecular complexity index is 636. The maximum atomic E-state index is 12.5. The maximum Gasteiger partial charge on any atom is 0.262 e. The first-order valence-electron chi connectivity index (χ1n) is 8.56. The van der Waals surface area contributed by atoms with Crippen LogP contribution in [0.4, 0.5) is 5.69 Å². The Balaban J connectivity index is 1.61. The summed E-state index contributed by atoms with van der Waals surface area (Å²) < 4.78 is 5.37. The van der Waals surface area contributed by atoms with Gasteiger partial charge in [0, 0.05) is 17.6 Å². The number of carbonyl (C=O) groups excluding carboxylic acids is 2. The maximum absolute atomic E-state index is 12.5. The Morgan fingerprint density at radius 1 is 1.29 bits per heavy atom. The van der Waals surface area contributed by atoms with Crippen LogP contribution >= 0.6 is 0 Å². The van der Waals surface area contributed by atoms with Crippen molar-refractivity contribution in [2.45, 2.75) is 38.6 Å².